The number of anilines is 2. The average molecular weight is 363 g/mol. The van der Waals surface area contributed by atoms with Crippen molar-refractivity contribution in [3.8, 4) is 5.75 Å². The van der Waals surface area contributed by atoms with Crippen LogP contribution in [0.2, 0.25) is 0 Å². The molecule has 6 heteroatoms. The van der Waals surface area contributed by atoms with E-state index in [1.165, 1.54) is 5.56 Å². The smallest absolute Gasteiger partial charge is 0.134 e. The van der Waals surface area contributed by atoms with Gasteiger partial charge in [0.2, 0.25) is 0 Å². The van der Waals surface area contributed by atoms with Crippen LogP contribution in [0.5, 0.6) is 5.75 Å². The summed E-state index contributed by atoms with van der Waals surface area (Å²) in [5, 5.41) is 3.38. The Morgan fingerprint density at radius 1 is 1.07 bits per heavy atom. The van der Waals surface area contributed by atoms with Gasteiger partial charge in [0.1, 0.15) is 23.2 Å². The van der Waals surface area contributed by atoms with Crippen molar-refractivity contribution in [2.24, 2.45) is 0 Å². The first-order chi connectivity index (χ1) is 13.2. The van der Waals surface area contributed by atoms with E-state index in [2.05, 4.69) is 25.2 Å². The molecule has 6 nitrogen and oxygen atoms in total. The Hall–Kier alpha value is -3.15. The van der Waals surface area contributed by atoms with Crippen LogP contribution in [0.4, 0.5) is 11.6 Å². The molecule has 3 aromatic rings. The summed E-state index contributed by atoms with van der Waals surface area (Å²) >= 11 is 0. The average Bonchev–Trinajstić information content (AvgIpc) is 2.71. The molecule has 1 aromatic carbocycles. The van der Waals surface area contributed by atoms with Crippen LogP contribution in [0, 0.1) is 6.92 Å². The highest BCUT2D eigenvalue weighted by atomic mass is 16.5. The SMILES string of the molecule is COc1ccccc1CNc1cc(N(C)CCc2ccncc2)nc(C)n1. The molecule has 27 heavy (non-hydrogen) atoms. The molecule has 0 aliphatic heterocycles. The maximum absolute atomic E-state index is 5.41. The highest BCUT2D eigenvalue weighted by molar-refractivity contribution is 5.50. The van der Waals surface area contributed by atoms with Gasteiger partial charge >= 0.3 is 0 Å². The van der Waals surface area contributed by atoms with E-state index in [-0.39, 0.29) is 0 Å². The number of ether oxygens (including phenoxy) is 1. The molecule has 1 N–H and O–H groups in total. The van der Waals surface area contributed by atoms with Crippen LogP contribution in [0.25, 0.3) is 0 Å². The monoisotopic (exact) mass is 363 g/mol. The van der Waals surface area contributed by atoms with Crippen molar-refractivity contribution in [3.05, 3.63) is 71.8 Å². The summed E-state index contributed by atoms with van der Waals surface area (Å²) in [4.78, 5) is 15.3. The molecule has 0 atom stereocenters. The van der Waals surface area contributed by atoms with Crippen LogP contribution in [-0.4, -0.2) is 35.7 Å². The number of aromatic nitrogens is 3. The van der Waals surface area contributed by atoms with Gasteiger partial charge in [0, 0.05) is 44.2 Å². The maximum Gasteiger partial charge on any atom is 0.134 e. The summed E-state index contributed by atoms with van der Waals surface area (Å²) < 4.78 is 5.41. The molecule has 0 radical (unpaired) electrons. The van der Waals surface area contributed by atoms with Gasteiger partial charge in [0.25, 0.3) is 0 Å². The number of para-hydroxylation sites is 1. The Morgan fingerprint density at radius 2 is 1.85 bits per heavy atom. The second-order valence-corrected chi connectivity index (χ2v) is 6.35. The molecule has 0 aliphatic carbocycles. The number of likely N-dealkylation sites (N-methyl/N-ethyl adjacent to an activating group) is 1. The lowest BCUT2D eigenvalue weighted by molar-refractivity contribution is 0.410. The van der Waals surface area contributed by atoms with E-state index in [0.29, 0.717) is 6.54 Å². The van der Waals surface area contributed by atoms with Crippen molar-refractivity contribution in [1.82, 2.24) is 15.0 Å². The fourth-order valence-corrected chi connectivity index (χ4v) is 2.83. The van der Waals surface area contributed by atoms with Crippen molar-refractivity contribution in [2.45, 2.75) is 19.9 Å². The van der Waals surface area contributed by atoms with Gasteiger partial charge in [-0.15, -0.1) is 0 Å². The van der Waals surface area contributed by atoms with Crippen molar-refractivity contribution < 1.29 is 4.74 Å². The highest BCUT2D eigenvalue weighted by Gasteiger charge is 2.08. The van der Waals surface area contributed by atoms with Crippen molar-refractivity contribution in [3.63, 3.8) is 0 Å². The third kappa shape index (κ3) is 5.17. The fourth-order valence-electron chi connectivity index (χ4n) is 2.83. The van der Waals surface area contributed by atoms with Crippen LogP contribution in [0.3, 0.4) is 0 Å². The van der Waals surface area contributed by atoms with Gasteiger partial charge in [-0.1, -0.05) is 18.2 Å². The van der Waals surface area contributed by atoms with Crippen LogP contribution in [0.15, 0.2) is 54.9 Å². The van der Waals surface area contributed by atoms with Crippen LogP contribution in [-0.2, 0) is 13.0 Å². The van der Waals surface area contributed by atoms with Crippen molar-refractivity contribution >= 4 is 11.6 Å². The number of pyridine rings is 1. The second-order valence-electron chi connectivity index (χ2n) is 6.35. The molecule has 0 amide bonds. The van der Waals surface area contributed by atoms with E-state index in [1.54, 1.807) is 7.11 Å². The van der Waals surface area contributed by atoms with Gasteiger partial charge in [-0.3, -0.25) is 4.98 Å². The summed E-state index contributed by atoms with van der Waals surface area (Å²) in [5.41, 5.74) is 2.35. The molecule has 2 heterocycles. The van der Waals surface area contributed by atoms with Crippen LogP contribution >= 0.6 is 0 Å². The number of rotatable bonds is 8. The Morgan fingerprint density at radius 3 is 2.63 bits per heavy atom. The van der Waals surface area contributed by atoms with Gasteiger partial charge in [-0.2, -0.15) is 0 Å². The van der Waals surface area contributed by atoms with Crippen molar-refractivity contribution in [2.75, 3.05) is 30.9 Å². The molecule has 0 saturated carbocycles. The molecule has 0 saturated heterocycles. The number of nitrogens with one attached hydrogen (secondary N) is 1. The lowest BCUT2D eigenvalue weighted by Gasteiger charge is -2.19. The third-order valence-corrected chi connectivity index (χ3v) is 4.35. The predicted octanol–water partition coefficient (Wildman–Crippen LogP) is 3.48. The molecular formula is C21H25N5O. The van der Waals surface area contributed by atoms with Gasteiger partial charge < -0.3 is 15.0 Å². The molecule has 2 aromatic heterocycles. The third-order valence-electron chi connectivity index (χ3n) is 4.35. The summed E-state index contributed by atoms with van der Waals surface area (Å²) in [5.74, 6) is 3.31. The lowest BCUT2D eigenvalue weighted by Crippen LogP contribution is -2.22. The van der Waals surface area contributed by atoms with Gasteiger partial charge in [-0.25, -0.2) is 9.97 Å². The summed E-state index contributed by atoms with van der Waals surface area (Å²) in [6.45, 7) is 3.42. The molecule has 0 fully saturated rings. The van der Waals surface area contributed by atoms with Crippen LogP contribution < -0.4 is 15.0 Å². The van der Waals surface area contributed by atoms with Gasteiger partial charge in [0.05, 0.1) is 7.11 Å². The number of methoxy groups -OCH3 is 1. The summed E-state index contributed by atoms with van der Waals surface area (Å²) in [6.07, 6.45) is 4.58. The van der Waals surface area contributed by atoms with Gasteiger partial charge in [0.15, 0.2) is 0 Å². The molecule has 0 spiro atoms. The topological polar surface area (TPSA) is 63.2 Å². The van der Waals surface area contributed by atoms with E-state index in [9.17, 15) is 0 Å². The zero-order valence-electron chi connectivity index (χ0n) is 16.0. The largest absolute Gasteiger partial charge is 0.496 e. The first-order valence-corrected chi connectivity index (χ1v) is 8.97. The lowest BCUT2D eigenvalue weighted by atomic mass is 10.2. The van der Waals surface area contributed by atoms with E-state index < -0.39 is 0 Å². The fraction of sp³-hybridized carbons (Fsp3) is 0.286. The van der Waals surface area contributed by atoms with E-state index in [0.717, 1.165) is 41.7 Å². The Kier molecular flexibility index (Phi) is 6.20. The van der Waals surface area contributed by atoms with Crippen molar-refractivity contribution in [1.29, 1.82) is 0 Å². The zero-order valence-corrected chi connectivity index (χ0v) is 16.0. The molecular weight excluding hydrogens is 338 g/mol. The molecule has 0 unspecified atom stereocenters. The van der Waals surface area contributed by atoms with Gasteiger partial charge in [-0.05, 0) is 37.1 Å². The minimum Gasteiger partial charge on any atom is -0.496 e. The predicted molar refractivity (Wildman–Crippen MR) is 108 cm³/mol. The first-order valence-electron chi connectivity index (χ1n) is 8.97. The second kappa shape index (κ2) is 8.98. The Balaban J connectivity index is 1.66. The van der Waals surface area contributed by atoms with E-state index in [4.69, 9.17) is 4.74 Å². The number of benzene rings is 1. The quantitative estimate of drug-likeness (QED) is 0.661. The minimum absolute atomic E-state index is 0.640. The molecule has 0 bridgehead atoms. The first kappa shape index (κ1) is 18.6. The molecule has 140 valence electrons. The normalized spacial score (nSPS) is 10.5. The number of aryl methyl sites for hydroxylation is 1. The van der Waals surface area contributed by atoms with E-state index in [1.807, 2.05) is 68.8 Å². The highest BCUT2D eigenvalue weighted by Crippen LogP contribution is 2.20. The van der Waals surface area contributed by atoms with E-state index >= 15 is 0 Å². The maximum atomic E-state index is 5.41. The number of hydrogen-bond donors (Lipinski definition) is 1. The zero-order chi connectivity index (χ0) is 19.1. The number of nitrogens with zero attached hydrogens (tertiary/aromatic N) is 4. The number of hydrogen-bond acceptors (Lipinski definition) is 6. The Bertz CT molecular complexity index is 869. The molecule has 3 rings (SSSR count). The van der Waals surface area contributed by atoms with Crippen LogP contribution in [0.1, 0.15) is 17.0 Å². The Labute approximate surface area is 160 Å². The molecule has 0 aliphatic rings. The minimum atomic E-state index is 0.640. The standard InChI is InChI=1S/C21H25N5O/c1-16-24-20(23-15-18-6-4-5-7-19(18)27-3)14-21(25-16)26(2)13-10-17-8-11-22-12-9-17/h4-9,11-12,14H,10,13,15H2,1-3H3,(H,23,24,25). The summed E-state index contributed by atoms with van der Waals surface area (Å²) in [7, 11) is 3.73. The summed E-state index contributed by atoms with van der Waals surface area (Å²) in [6, 6.07) is 14.0.